The first-order valence-electron chi connectivity index (χ1n) is 6.19. The molecule has 4 nitrogen and oxygen atoms in total. The Labute approximate surface area is 119 Å². The number of benzene rings is 1. The third kappa shape index (κ3) is 3.07. The highest BCUT2D eigenvalue weighted by molar-refractivity contribution is 5.90. The van der Waals surface area contributed by atoms with Gasteiger partial charge in [-0.25, -0.2) is 4.68 Å². The van der Waals surface area contributed by atoms with Crippen LogP contribution in [-0.2, 0) is 11.0 Å². The van der Waals surface area contributed by atoms with Gasteiger partial charge in [0.25, 0.3) is 0 Å². The highest BCUT2D eigenvalue weighted by Gasteiger charge is 2.36. The third-order valence-electron chi connectivity index (χ3n) is 3.08. The summed E-state index contributed by atoms with van der Waals surface area (Å²) in [7, 11) is 1.41. The first-order valence-corrected chi connectivity index (χ1v) is 6.19. The molecule has 0 fully saturated rings. The molecule has 0 atom stereocenters. The Kier molecular flexibility index (Phi) is 3.76. The average molecular weight is 297 g/mol. The van der Waals surface area contributed by atoms with E-state index < -0.39 is 11.9 Å². The van der Waals surface area contributed by atoms with Crippen LogP contribution in [0.3, 0.4) is 0 Å². The second-order valence-corrected chi connectivity index (χ2v) is 4.71. The van der Waals surface area contributed by atoms with Crippen LogP contribution in [0.25, 0.3) is 5.69 Å². The van der Waals surface area contributed by atoms with Gasteiger partial charge in [0.1, 0.15) is 5.82 Å². The number of nitrogens with zero attached hydrogens (tertiary/aromatic N) is 3. The molecule has 0 radical (unpaired) electrons. The van der Waals surface area contributed by atoms with Gasteiger partial charge in [-0.1, -0.05) is 17.7 Å². The van der Waals surface area contributed by atoms with Crippen LogP contribution in [0.2, 0.25) is 0 Å². The summed E-state index contributed by atoms with van der Waals surface area (Å²) in [6.07, 6.45) is -4.57. The lowest BCUT2D eigenvalue weighted by Crippen LogP contribution is -2.25. The lowest BCUT2D eigenvalue weighted by atomic mass is 10.2. The van der Waals surface area contributed by atoms with E-state index >= 15 is 0 Å². The van der Waals surface area contributed by atoms with Gasteiger partial charge in [0.05, 0.1) is 5.69 Å². The minimum atomic E-state index is -4.57. The Bertz CT molecular complexity index is 659. The largest absolute Gasteiger partial charge is 0.435 e. The van der Waals surface area contributed by atoms with E-state index in [2.05, 4.69) is 5.10 Å². The Balaban J connectivity index is 2.59. The molecule has 1 heterocycles. The summed E-state index contributed by atoms with van der Waals surface area (Å²) in [5.41, 5.74) is 0.397. The average Bonchev–Trinajstić information content (AvgIpc) is 2.83. The lowest BCUT2D eigenvalue weighted by molar-refractivity contribution is -0.141. The maximum absolute atomic E-state index is 12.8. The van der Waals surface area contributed by atoms with Gasteiger partial charge < -0.3 is 4.90 Å². The molecule has 0 saturated carbocycles. The minimum absolute atomic E-state index is 0.0682. The Morgan fingerprint density at radius 3 is 2.29 bits per heavy atom. The van der Waals surface area contributed by atoms with Crippen molar-refractivity contribution in [3.63, 3.8) is 0 Å². The Hall–Kier alpha value is -2.31. The van der Waals surface area contributed by atoms with Crippen LogP contribution in [-0.4, -0.2) is 22.7 Å². The smallest absolute Gasteiger partial charge is 0.300 e. The predicted octanol–water partition coefficient (Wildman–Crippen LogP) is 3.18. The second-order valence-electron chi connectivity index (χ2n) is 4.71. The fraction of sp³-hybridized carbons (Fsp3) is 0.286. The molecule has 2 rings (SSSR count). The number of halogens is 3. The van der Waals surface area contributed by atoms with Crippen molar-refractivity contribution < 1.29 is 18.0 Å². The molecule has 21 heavy (non-hydrogen) atoms. The highest BCUT2D eigenvalue weighted by atomic mass is 19.4. The summed E-state index contributed by atoms with van der Waals surface area (Å²) in [5, 5.41) is 3.58. The summed E-state index contributed by atoms with van der Waals surface area (Å²) >= 11 is 0. The molecule has 0 aliphatic carbocycles. The number of hydrogen-bond donors (Lipinski definition) is 0. The van der Waals surface area contributed by atoms with Gasteiger partial charge in [-0.15, -0.1) is 0 Å². The van der Waals surface area contributed by atoms with Gasteiger partial charge in [-0.05, 0) is 19.1 Å². The van der Waals surface area contributed by atoms with E-state index in [1.807, 2.05) is 6.92 Å². The highest BCUT2D eigenvalue weighted by Crippen LogP contribution is 2.32. The number of aryl methyl sites for hydroxylation is 1. The summed E-state index contributed by atoms with van der Waals surface area (Å²) in [4.78, 5) is 12.6. The van der Waals surface area contributed by atoms with Gasteiger partial charge in [0.2, 0.25) is 5.91 Å². The number of aromatic nitrogens is 2. The first-order chi connectivity index (χ1) is 9.70. The standard InChI is InChI=1S/C14H14F3N3O/c1-9-4-6-11(7-5-9)20-13(19(3)10(2)21)8-12(18-20)14(15,16)17/h4-8H,1-3H3. The monoisotopic (exact) mass is 297 g/mol. The van der Waals surface area contributed by atoms with E-state index in [0.717, 1.165) is 21.2 Å². The van der Waals surface area contributed by atoms with Crippen LogP contribution in [0.5, 0.6) is 0 Å². The number of amides is 1. The second kappa shape index (κ2) is 5.23. The zero-order valence-corrected chi connectivity index (χ0v) is 11.8. The topological polar surface area (TPSA) is 38.1 Å². The molecule has 0 N–H and O–H groups in total. The maximum atomic E-state index is 12.8. The molecule has 1 aromatic carbocycles. The van der Waals surface area contributed by atoms with Crippen molar-refractivity contribution in [2.45, 2.75) is 20.0 Å². The molecular weight excluding hydrogens is 283 g/mol. The van der Waals surface area contributed by atoms with Crippen LogP contribution in [0.1, 0.15) is 18.2 Å². The molecule has 2 aromatic rings. The van der Waals surface area contributed by atoms with E-state index in [-0.39, 0.29) is 11.7 Å². The van der Waals surface area contributed by atoms with E-state index in [1.54, 1.807) is 24.3 Å². The third-order valence-corrected chi connectivity index (χ3v) is 3.08. The summed E-state index contributed by atoms with van der Waals surface area (Å²) < 4.78 is 39.7. The number of hydrogen-bond acceptors (Lipinski definition) is 2. The molecule has 1 amide bonds. The Morgan fingerprint density at radius 2 is 1.81 bits per heavy atom. The van der Waals surface area contributed by atoms with E-state index in [1.165, 1.54) is 14.0 Å². The maximum Gasteiger partial charge on any atom is 0.435 e. The van der Waals surface area contributed by atoms with Crippen molar-refractivity contribution in [3.05, 3.63) is 41.6 Å². The number of carbonyl (C=O) groups is 1. The van der Waals surface area contributed by atoms with E-state index in [0.29, 0.717) is 5.69 Å². The molecule has 0 saturated heterocycles. The summed E-state index contributed by atoms with van der Waals surface area (Å²) in [6, 6.07) is 7.70. The Morgan fingerprint density at radius 1 is 1.24 bits per heavy atom. The van der Waals surface area contributed by atoms with Crippen molar-refractivity contribution in [1.82, 2.24) is 9.78 Å². The molecule has 0 unspecified atom stereocenters. The zero-order valence-electron chi connectivity index (χ0n) is 11.8. The molecule has 0 aliphatic heterocycles. The van der Waals surface area contributed by atoms with Crippen LogP contribution in [0.4, 0.5) is 19.0 Å². The number of alkyl halides is 3. The quantitative estimate of drug-likeness (QED) is 0.854. The predicted molar refractivity (Wildman–Crippen MR) is 72.4 cm³/mol. The molecule has 1 aromatic heterocycles. The van der Waals surface area contributed by atoms with Gasteiger partial charge in [0, 0.05) is 20.0 Å². The van der Waals surface area contributed by atoms with E-state index in [4.69, 9.17) is 0 Å². The van der Waals surface area contributed by atoms with Crippen LogP contribution < -0.4 is 4.90 Å². The number of anilines is 1. The number of carbonyl (C=O) groups excluding carboxylic acids is 1. The molecule has 0 bridgehead atoms. The van der Waals surface area contributed by atoms with Crippen molar-refractivity contribution in [3.8, 4) is 5.69 Å². The van der Waals surface area contributed by atoms with Crippen LogP contribution in [0.15, 0.2) is 30.3 Å². The molecule has 112 valence electrons. The van der Waals surface area contributed by atoms with Crippen LogP contribution in [0, 0.1) is 6.92 Å². The normalized spacial score (nSPS) is 11.5. The SMILES string of the molecule is CC(=O)N(C)c1cc(C(F)(F)F)nn1-c1ccc(C)cc1. The fourth-order valence-corrected chi connectivity index (χ4v) is 1.79. The van der Waals surface area contributed by atoms with Gasteiger partial charge in [-0.3, -0.25) is 4.79 Å². The van der Waals surface area contributed by atoms with Crippen molar-refractivity contribution >= 4 is 11.7 Å². The first kappa shape index (κ1) is 15.1. The van der Waals surface area contributed by atoms with E-state index in [9.17, 15) is 18.0 Å². The van der Waals surface area contributed by atoms with Gasteiger partial charge in [-0.2, -0.15) is 18.3 Å². The molecular formula is C14H14F3N3O. The molecule has 0 aliphatic rings. The van der Waals surface area contributed by atoms with Gasteiger partial charge >= 0.3 is 6.18 Å². The van der Waals surface area contributed by atoms with Crippen molar-refractivity contribution in [2.24, 2.45) is 0 Å². The lowest BCUT2D eigenvalue weighted by Gasteiger charge is -2.16. The molecule has 7 heteroatoms. The zero-order chi connectivity index (χ0) is 15.8. The number of rotatable bonds is 2. The van der Waals surface area contributed by atoms with Crippen molar-refractivity contribution in [2.75, 3.05) is 11.9 Å². The van der Waals surface area contributed by atoms with Crippen LogP contribution >= 0.6 is 0 Å². The fourth-order valence-electron chi connectivity index (χ4n) is 1.79. The summed E-state index contributed by atoms with van der Waals surface area (Å²) in [5.74, 6) is -0.310. The minimum Gasteiger partial charge on any atom is -0.300 e. The van der Waals surface area contributed by atoms with Gasteiger partial charge in [0.15, 0.2) is 5.69 Å². The van der Waals surface area contributed by atoms with Crippen molar-refractivity contribution in [1.29, 1.82) is 0 Å². The molecule has 0 spiro atoms. The summed E-state index contributed by atoms with van der Waals surface area (Å²) in [6.45, 7) is 3.15.